The molecular weight excluding hydrogens is 345 g/mol. The summed E-state index contributed by atoms with van der Waals surface area (Å²) in [6.45, 7) is 0. The van der Waals surface area contributed by atoms with Gasteiger partial charge in [0, 0.05) is 26.0 Å². The van der Waals surface area contributed by atoms with E-state index in [-0.39, 0.29) is 5.82 Å². The van der Waals surface area contributed by atoms with Crippen molar-refractivity contribution in [1.82, 2.24) is 5.32 Å². The first-order valence-corrected chi connectivity index (χ1v) is 8.63. The second-order valence-electron chi connectivity index (χ2n) is 4.12. The third kappa shape index (κ3) is 4.31. The quantitative estimate of drug-likeness (QED) is 0.758. The number of halogens is 2. The summed E-state index contributed by atoms with van der Waals surface area (Å²) < 4.78 is 14.7. The molecule has 1 unspecified atom stereocenters. The first-order chi connectivity index (χ1) is 9.20. The first-order valence-electron chi connectivity index (χ1n) is 5.97. The van der Waals surface area contributed by atoms with E-state index in [1.165, 1.54) is 10.9 Å². The van der Waals surface area contributed by atoms with Crippen molar-refractivity contribution in [2.75, 3.05) is 12.8 Å². The van der Waals surface area contributed by atoms with Crippen LogP contribution in [0, 0.1) is 5.82 Å². The fraction of sp³-hybridized carbons (Fsp3) is 0.286. The molecule has 0 fully saturated rings. The molecule has 0 bridgehead atoms. The molecule has 0 aliphatic carbocycles. The third-order valence-corrected chi connectivity index (χ3v) is 5.97. The molecule has 1 aromatic heterocycles. The lowest BCUT2D eigenvalue weighted by molar-refractivity contribution is 0.598. The van der Waals surface area contributed by atoms with Crippen molar-refractivity contribution in [3.05, 3.63) is 50.9 Å². The molecule has 1 aromatic carbocycles. The van der Waals surface area contributed by atoms with Crippen LogP contribution in [0.25, 0.3) is 0 Å². The first kappa shape index (κ1) is 15.0. The molecule has 0 radical (unpaired) electrons. The largest absolute Gasteiger partial charge is 0.316 e. The molecular formula is C14H15BrFNS2. The second kappa shape index (κ2) is 7.43. The van der Waals surface area contributed by atoms with Gasteiger partial charge in [0.15, 0.2) is 0 Å². The molecule has 0 saturated carbocycles. The fourth-order valence-corrected chi connectivity index (χ4v) is 4.33. The van der Waals surface area contributed by atoms with Crippen LogP contribution in [0.3, 0.4) is 0 Å². The molecule has 0 spiro atoms. The van der Waals surface area contributed by atoms with E-state index >= 15 is 0 Å². The minimum atomic E-state index is -0.139. The van der Waals surface area contributed by atoms with Crippen molar-refractivity contribution >= 4 is 39.0 Å². The molecule has 0 saturated heterocycles. The van der Waals surface area contributed by atoms with Crippen LogP contribution in [-0.4, -0.2) is 18.8 Å². The highest BCUT2D eigenvalue weighted by Crippen LogP contribution is 2.26. The van der Waals surface area contributed by atoms with Gasteiger partial charge >= 0.3 is 0 Å². The molecule has 1 nitrogen and oxygen atoms in total. The molecule has 1 atom stereocenters. The molecule has 19 heavy (non-hydrogen) atoms. The average molecular weight is 360 g/mol. The van der Waals surface area contributed by atoms with Crippen molar-refractivity contribution in [3.8, 4) is 0 Å². The maximum absolute atomic E-state index is 13.5. The van der Waals surface area contributed by atoms with E-state index in [4.69, 9.17) is 0 Å². The highest BCUT2D eigenvalue weighted by atomic mass is 79.9. The highest BCUT2D eigenvalue weighted by molar-refractivity contribution is 9.10. The van der Waals surface area contributed by atoms with Gasteiger partial charge in [-0.25, -0.2) is 4.39 Å². The maximum atomic E-state index is 13.5. The summed E-state index contributed by atoms with van der Waals surface area (Å²) in [4.78, 5) is 2.04. The fourth-order valence-electron chi connectivity index (χ4n) is 1.69. The van der Waals surface area contributed by atoms with E-state index in [1.807, 2.05) is 19.2 Å². The van der Waals surface area contributed by atoms with Gasteiger partial charge in [-0.15, -0.1) is 23.1 Å². The summed E-state index contributed by atoms with van der Waals surface area (Å²) in [6, 6.07) is 9.32. The van der Waals surface area contributed by atoms with Gasteiger partial charge in [-0.05, 0) is 53.0 Å². The molecule has 0 aliphatic rings. The van der Waals surface area contributed by atoms with Crippen LogP contribution in [-0.2, 0) is 6.42 Å². The van der Waals surface area contributed by atoms with Crippen molar-refractivity contribution in [2.45, 2.75) is 17.4 Å². The van der Waals surface area contributed by atoms with Gasteiger partial charge in [0.1, 0.15) is 5.82 Å². The second-order valence-corrected chi connectivity index (χ2v) is 7.04. The highest BCUT2D eigenvalue weighted by Gasteiger charge is 2.12. The number of thioether (sulfide) groups is 1. The number of hydrogen-bond acceptors (Lipinski definition) is 3. The summed E-state index contributed by atoms with van der Waals surface area (Å²) in [5.41, 5.74) is 0. The van der Waals surface area contributed by atoms with Crippen LogP contribution >= 0.6 is 39.0 Å². The number of nitrogens with one attached hydrogen (secondary N) is 1. The van der Waals surface area contributed by atoms with Crippen LogP contribution in [0.2, 0.25) is 0 Å². The van der Waals surface area contributed by atoms with Crippen molar-refractivity contribution < 1.29 is 4.39 Å². The minimum absolute atomic E-state index is 0.139. The molecule has 1 heterocycles. The van der Waals surface area contributed by atoms with Gasteiger partial charge < -0.3 is 5.32 Å². The molecule has 2 rings (SSSR count). The Morgan fingerprint density at radius 1 is 1.37 bits per heavy atom. The van der Waals surface area contributed by atoms with Gasteiger partial charge in [0.25, 0.3) is 0 Å². The Bertz CT molecular complexity index is 530. The number of rotatable bonds is 6. The molecule has 5 heteroatoms. The summed E-state index contributed by atoms with van der Waals surface area (Å²) >= 11 is 6.85. The lowest BCUT2D eigenvalue weighted by Gasteiger charge is -2.15. The topological polar surface area (TPSA) is 12.0 Å². The van der Waals surface area contributed by atoms with E-state index in [0.717, 1.165) is 16.6 Å². The SMILES string of the molecule is CNC(CSc1ccccc1F)Cc1sccc1Br. The Morgan fingerprint density at radius 3 is 2.79 bits per heavy atom. The number of likely N-dealkylation sites (N-methyl/N-ethyl adjacent to an activating group) is 1. The number of benzene rings is 1. The zero-order valence-corrected chi connectivity index (χ0v) is 13.7. The minimum Gasteiger partial charge on any atom is -0.316 e. The number of hydrogen-bond donors (Lipinski definition) is 1. The average Bonchev–Trinajstić information content (AvgIpc) is 2.81. The Balaban J connectivity index is 1.93. The molecule has 0 aliphatic heterocycles. The number of thiophene rings is 1. The van der Waals surface area contributed by atoms with E-state index < -0.39 is 0 Å². The summed E-state index contributed by atoms with van der Waals surface area (Å²) in [7, 11) is 1.95. The molecule has 2 aromatic rings. The van der Waals surface area contributed by atoms with E-state index in [1.54, 1.807) is 29.2 Å². The van der Waals surface area contributed by atoms with Crippen LogP contribution in [0.4, 0.5) is 4.39 Å². The monoisotopic (exact) mass is 359 g/mol. The molecule has 0 amide bonds. The van der Waals surface area contributed by atoms with Gasteiger partial charge in [-0.1, -0.05) is 12.1 Å². The maximum Gasteiger partial charge on any atom is 0.136 e. The zero-order valence-electron chi connectivity index (χ0n) is 10.5. The Hall–Kier alpha value is -0.360. The van der Waals surface area contributed by atoms with Gasteiger partial charge in [-0.3, -0.25) is 0 Å². The van der Waals surface area contributed by atoms with E-state index in [9.17, 15) is 4.39 Å². The Kier molecular flexibility index (Phi) is 5.88. The van der Waals surface area contributed by atoms with Gasteiger partial charge in [0.2, 0.25) is 0 Å². The van der Waals surface area contributed by atoms with Crippen molar-refractivity contribution in [3.63, 3.8) is 0 Å². The predicted octanol–water partition coefficient (Wildman–Crippen LogP) is 4.57. The van der Waals surface area contributed by atoms with E-state index in [0.29, 0.717) is 10.9 Å². The predicted molar refractivity (Wildman–Crippen MR) is 85.7 cm³/mol. The van der Waals surface area contributed by atoms with E-state index in [2.05, 4.69) is 32.7 Å². The van der Waals surface area contributed by atoms with Crippen LogP contribution in [0.1, 0.15) is 4.88 Å². The third-order valence-electron chi connectivity index (χ3n) is 2.81. The van der Waals surface area contributed by atoms with Crippen LogP contribution < -0.4 is 5.32 Å². The Labute approximate surface area is 129 Å². The van der Waals surface area contributed by atoms with Gasteiger partial charge in [0.05, 0.1) is 0 Å². The lowest BCUT2D eigenvalue weighted by Crippen LogP contribution is -2.29. The zero-order chi connectivity index (χ0) is 13.7. The summed E-state index contributed by atoms with van der Waals surface area (Å²) in [5.74, 6) is 0.710. The molecule has 1 N–H and O–H groups in total. The van der Waals surface area contributed by atoms with Crippen molar-refractivity contribution in [1.29, 1.82) is 0 Å². The summed E-state index contributed by atoms with van der Waals surface area (Å²) in [6.07, 6.45) is 0.955. The van der Waals surface area contributed by atoms with Gasteiger partial charge in [-0.2, -0.15) is 0 Å². The lowest BCUT2D eigenvalue weighted by atomic mass is 10.2. The van der Waals surface area contributed by atoms with Crippen molar-refractivity contribution in [2.24, 2.45) is 0 Å². The van der Waals surface area contributed by atoms with Crippen LogP contribution in [0.15, 0.2) is 45.1 Å². The summed E-state index contributed by atoms with van der Waals surface area (Å²) in [5, 5.41) is 5.38. The standard InChI is InChI=1S/C14H15BrFNS2/c1-17-10(8-14-11(15)6-7-18-14)9-19-13-5-3-2-4-12(13)16/h2-7,10,17H,8-9H2,1H3. The Morgan fingerprint density at radius 2 is 2.16 bits per heavy atom. The molecule has 102 valence electrons. The smallest absolute Gasteiger partial charge is 0.136 e. The normalized spacial score (nSPS) is 12.6. The van der Waals surface area contributed by atoms with Crippen LogP contribution in [0.5, 0.6) is 0 Å².